The molecule has 0 amide bonds. The number of nitrogen functional groups attached to an aromatic ring is 1. The van der Waals surface area contributed by atoms with Gasteiger partial charge in [0.05, 0.1) is 10.9 Å². The molecule has 5 heteroatoms. The summed E-state index contributed by atoms with van der Waals surface area (Å²) in [6.45, 7) is 0.158. The smallest absolute Gasteiger partial charge is 0.241 e. The number of rotatable bonds is 3. The number of hydrogen-bond acceptors (Lipinski definition) is 5. The average Bonchev–Trinajstić information content (AvgIpc) is 2.35. The molecule has 0 aliphatic carbocycles. The Kier molecular flexibility index (Phi) is 2.85. The monoisotopic (exact) mass is 214 g/mol. The molecule has 0 bridgehead atoms. The van der Waals surface area contributed by atoms with Gasteiger partial charge in [0.1, 0.15) is 0 Å². The van der Waals surface area contributed by atoms with Gasteiger partial charge in [0.25, 0.3) is 0 Å². The van der Waals surface area contributed by atoms with E-state index in [0.29, 0.717) is 11.8 Å². The summed E-state index contributed by atoms with van der Waals surface area (Å²) in [4.78, 5) is 8.28. The van der Waals surface area contributed by atoms with Crippen LogP contribution < -0.4 is 16.0 Å². The molecule has 3 N–H and O–H groups in total. The summed E-state index contributed by atoms with van der Waals surface area (Å²) in [7, 11) is 0. The molecule has 0 radical (unpaired) electrons. The summed E-state index contributed by atoms with van der Waals surface area (Å²) in [5.74, 6) is 8.38. The fourth-order valence-electron chi connectivity index (χ4n) is 1.33. The number of nitrogens with two attached hydrogens (primary N) is 1. The Morgan fingerprint density at radius 3 is 2.94 bits per heavy atom. The van der Waals surface area contributed by atoms with Gasteiger partial charge in [0, 0.05) is 0 Å². The fourth-order valence-corrected chi connectivity index (χ4v) is 1.33. The molecule has 0 saturated carbocycles. The van der Waals surface area contributed by atoms with Crippen LogP contribution in [0, 0.1) is 12.3 Å². The van der Waals surface area contributed by atoms with E-state index in [9.17, 15) is 0 Å². The molecule has 1 aromatic carbocycles. The van der Waals surface area contributed by atoms with Crippen LogP contribution in [-0.4, -0.2) is 16.6 Å². The van der Waals surface area contributed by atoms with Gasteiger partial charge in [-0.1, -0.05) is 18.1 Å². The normalized spacial score (nSPS) is 9.75. The molecule has 1 heterocycles. The number of ether oxygens (including phenoxy) is 1. The van der Waals surface area contributed by atoms with Gasteiger partial charge in [-0.3, -0.25) is 5.43 Å². The Hall–Kier alpha value is -2.32. The van der Waals surface area contributed by atoms with Crippen molar-refractivity contribution in [2.45, 2.75) is 0 Å². The Balaban J connectivity index is 2.55. The van der Waals surface area contributed by atoms with E-state index in [1.165, 1.54) is 0 Å². The van der Waals surface area contributed by atoms with Crippen LogP contribution >= 0.6 is 0 Å². The number of nitrogens with zero attached hydrogens (tertiary/aromatic N) is 2. The van der Waals surface area contributed by atoms with Gasteiger partial charge in [-0.25, -0.2) is 10.8 Å². The molecule has 0 saturated heterocycles. The molecule has 0 aliphatic heterocycles. The third kappa shape index (κ3) is 1.87. The molecule has 2 aromatic rings. The van der Waals surface area contributed by atoms with Gasteiger partial charge in [0.15, 0.2) is 6.61 Å². The second kappa shape index (κ2) is 4.47. The zero-order valence-corrected chi connectivity index (χ0v) is 8.47. The van der Waals surface area contributed by atoms with Crippen LogP contribution in [0.4, 0.5) is 5.95 Å². The van der Waals surface area contributed by atoms with Crippen LogP contribution in [-0.2, 0) is 0 Å². The number of benzene rings is 1. The van der Waals surface area contributed by atoms with Crippen molar-refractivity contribution in [2.75, 3.05) is 12.0 Å². The number of hydrogen-bond donors (Lipinski definition) is 2. The zero-order valence-electron chi connectivity index (χ0n) is 8.47. The van der Waals surface area contributed by atoms with Crippen molar-refractivity contribution in [3.05, 3.63) is 24.3 Å². The van der Waals surface area contributed by atoms with Gasteiger partial charge >= 0.3 is 0 Å². The first-order valence-corrected chi connectivity index (χ1v) is 4.65. The first-order valence-electron chi connectivity index (χ1n) is 4.65. The Morgan fingerprint density at radius 1 is 1.38 bits per heavy atom. The van der Waals surface area contributed by atoms with Crippen molar-refractivity contribution in [1.29, 1.82) is 0 Å². The minimum Gasteiger partial charge on any atom is -0.464 e. The van der Waals surface area contributed by atoms with Crippen LogP contribution in [0.25, 0.3) is 10.9 Å². The van der Waals surface area contributed by atoms with Crippen molar-refractivity contribution >= 4 is 16.9 Å². The summed E-state index contributed by atoms with van der Waals surface area (Å²) in [5.41, 5.74) is 3.13. The number of fused-ring (bicyclic) bond motifs is 1. The lowest BCUT2D eigenvalue weighted by atomic mass is 10.2. The van der Waals surface area contributed by atoms with Crippen molar-refractivity contribution < 1.29 is 4.74 Å². The highest BCUT2D eigenvalue weighted by molar-refractivity contribution is 5.84. The number of hydrazine groups is 1. The van der Waals surface area contributed by atoms with E-state index in [2.05, 4.69) is 21.3 Å². The summed E-state index contributed by atoms with van der Waals surface area (Å²) in [6.07, 6.45) is 5.13. The third-order valence-corrected chi connectivity index (χ3v) is 1.99. The lowest BCUT2D eigenvalue weighted by Gasteiger charge is -2.07. The highest BCUT2D eigenvalue weighted by Crippen LogP contribution is 2.23. The topological polar surface area (TPSA) is 73.1 Å². The van der Waals surface area contributed by atoms with E-state index in [1.54, 1.807) is 0 Å². The van der Waals surface area contributed by atoms with Crippen LogP contribution in [0.3, 0.4) is 0 Å². The molecule has 0 atom stereocenters. The average molecular weight is 214 g/mol. The van der Waals surface area contributed by atoms with E-state index in [1.807, 2.05) is 24.3 Å². The number of terminal acetylenes is 1. The molecule has 1 aromatic heterocycles. The fraction of sp³-hybridized carbons (Fsp3) is 0.0909. The molecule has 0 aliphatic rings. The SMILES string of the molecule is C#CCOc1nc(NN)nc2ccccc12. The molecular formula is C11H10N4O. The Labute approximate surface area is 92.6 Å². The summed E-state index contributed by atoms with van der Waals surface area (Å²) < 4.78 is 5.33. The molecular weight excluding hydrogens is 204 g/mol. The number of anilines is 1. The van der Waals surface area contributed by atoms with Crippen molar-refractivity contribution in [3.8, 4) is 18.2 Å². The lowest BCUT2D eigenvalue weighted by Crippen LogP contribution is -2.11. The number of nitrogens with one attached hydrogen (secondary N) is 1. The highest BCUT2D eigenvalue weighted by atomic mass is 16.5. The predicted octanol–water partition coefficient (Wildman–Crippen LogP) is 0.927. The van der Waals surface area contributed by atoms with Crippen LogP contribution in [0.1, 0.15) is 0 Å². The maximum absolute atomic E-state index is 5.33. The van der Waals surface area contributed by atoms with E-state index in [-0.39, 0.29) is 6.61 Å². The van der Waals surface area contributed by atoms with Crippen LogP contribution in [0.15, 0.2) is 24.3 Å². The summed E-state index contributed by atoms with van der Waals surface area (Å²) >= 11 is 0. The van der Waals surface area contributed by atoms with Gasteiger partial charge in [-0.05, 0) is 12.1 Å². The molecule has 80 valence electrons. The second-order valence-electron chi connectivity index (χ2n) is 3.01. The van der Waals surface area contributed by atoms with Gasteiger partial charge < -0.3 is 4.74 Å². The number of para-hydroxylation sites is 1. The minimum absolute atomic E-state index is 0.158. The van der Waals surface area contributed by atoms with Crippen LogP contribution in [0.2, 0.25) is 0 Å². The summed E-state index contributed by atoms with van der Waals surface area (Å²) in [5, 5.41) is 0.803. The molecule has 5 nitrogen and oxygen atoms in total. The predicted molar refractivity (Wildman–Crippen MR) is 61.7 cm³/mol. The van der Waals surface area contributed by atoms with Crippen molar-refractivity contribution in [3.63, 3.8) is 0 Å². The third-order valence-electron chi connectivity index (χ3n) is 1.99. The second-order valence-corrected chi connectivity index (χ2v) is 3.01. The summed E-state index contributed by atoms with van der Waals surface area (Å²) in [6, 6.07) is 7.46. The molecule has 16 heavy (non-hydrogen) atoms. The zero-order chi connectivity index (χ0) is 11.4. The van der Waals surface area contributed by atoms with Gasteiger partial charge in [-0.2, -0.15) is 4.98 Å². The maximum atomic E-state index is 5.33. The lowest BCUT2D eigenvalue weighted by molar-refractivity contribution is 0.360. The largest absolute Gasteiger partial charge is 0.464 e. The molecule has 0 unspecified atom stereocenters. The van der Waals surface area contributed by atoms with Gasteiger partial charge in [0.2, 0.25) is 11.8 Å². The molecule has 2 rings (SSSR count). The van der Waals surface area contributed by atoms with E-state index in [0.717, 1.165) is 10.9 Å². The standard InChI is InChI=1S/C11H10N4O/c1-2-7-16-10-8-5-3-4-6-9(8)13-11(14-10)15-12/h1,3-6H,7,12H2,(H,13,14,15). The minimum atomic E-state index is 0.158. The van der Waals surface area contributed by atoms with Gasteiger partial charge in [-0.15, -0.1) is 6.42 Å². The highest BCUT2D eigenvalue weighted by Gasteiger charge is 2.06. The molecule has 0 fully saturated rings. The first kappa shape index (κ1) is 10.2. The van der Waals surface area contributed by atoms with E-state index >= 15 is 0 Å². The first-order chi connectivity index (χ1) is 7.85. The van der Waals surface area contributed by atoms with Crippen LogP contribution in [0.5, 0.6) is 5.88 Å². The molecule has 0 spiro atoms. The number of aromatic nitrogens is 2. The Bertz CT molecular complexity index is 547. The quantitative estimate of drug-likeness (QED) is 0.451. The van der Waals surface area contributed by atoms with E-state index < -0.39 is 0 Å². The van der Waals surface area contributed by atoms with E-state index in [4.69, 9.17) is 17.0 Å². The van der Waals surface area contributed by atoms with Crippen molar-refractivity contribution in [1.82, 2.24) is 9.97 Å². The maximum Gasteiger partial charge on any atom is 0.241 e. The Morgan fingerprint density at radius 2 is 2.19 bits per heavy atom. The van der Waals surface area contributed by atoms with Crippen molar-refractivity contribution in [2.24, 2.45) is 5.84 Å².